The van der Waals surface area contributed by atoms with Crippen LogP contribution in [0, 0.1) is 29.6 Å². The summed E-state index contributed by atoms with van der Waals surface area (Å²) in [5, 5.41) is 24.0. The van der Waals surface area contributed by atoms with Crippen molar-refractivity contribution < 1.29 is 29.6 Å². The second kappa shape index (κ2) is 26.5. The molecule has 6 heteroatoms. The van der Waals surface area contributed by atoms with Gasteiger partial charge < -0.3 is 20.1 Å². The van der Waals surface area contributed by atoms with E-state index >= 15 is 0 Å². The fourth-order valence-corrected chi connectivity index (χ4v) is 9.21. The molecule has 1 aromatic carbocycles. The van der Waals surface area contributed by atoms with E-state index in [0.717, 1.165) is 68.3 Å². The van der Waals surface area contributed by atoms with E-state index in [0.29, 0.717) is 18.8 Å². The maximum Gasteiger partial charge on any atom is 0.335 e. The van der Waals surface area contributed by atoms with Crippen LogP contribution >= 0.6 is 0 Å². The third kappa shape index (κ3) is 16.1. The standard InChI is InChI=1S/C40H64O3.C4H6O2.CH4O/c1-4-6-7-10-31-12-14-33(15-13-31)35-20-22-37(23-21-35)39-26-24-38(25-27-39)36-18-16-34(17-19-36)32(9-5-2)11-8-28-43-40(42)30(3)29-41;1-4(2-5)3-6;1-2/h16-19,31-33,35,37-39,41H,3-15,20-29H2,1-2H3;2,6H,1,3H2;2H,1H3. The van der Waals surface area contributed by atoms with Crippen LogP contribution in [0.5, 0.6) is 0 Å². The van der Waals surface area contributed by atoms with Gasteiger partial charge in [0.25, 0.3) is 0 Å². The third-order valence-corrected chi connectivity index (χ3v) is 12.3. The molecule has 290 valence electrons. The second-order valence-corrected chi connectivity index (χ2v) is 15.7. The maximum absolute atomic E-state index is 11.7. The molecule has 0 heterocycles. The van der Waals surface area contributed by atoms with Crippen LogP contribution in [-0.4, -0.2) is 54.5 Å². The summed E-state index contributed by atoms with van der Waals surface area (Å²) in [4.78, 5) is 21.2. The summed E-state index contributed by atoms with van der Waals surface area (Å²) in [5.41, 5.74) is 3.31. The van der Waals surface area contributed by atoms with E-state index in [4.69, 9.17) is 20.1 Å². The first-order valence-corrected chi connectivity index (χ1v) is 20.6. The van der Waals surface area contributed by atoms with Crippen LogP contribution in [0.3, 0.4) is 0 Å². The highest BCUT2D eigenvalue weighted by Gasteiger charge is 2.35. The van der Waals surface area contributed by atoms with E-state index in [9.17, 15) is 9.59 Å². The first-order valence-electron chi connectivity index (χ1n) is 20.6. The molecule has 1 unspecified atom stereocenters. The minimum atomic E-state index is -0.480. The summed E-state index contributed by atoms with van der Waals surface area (Å²) in [5.74, 6) is 5.87. The number of aliphatic hydroxyl groups is 3. The smallest absolute Gasteiger partial charge is 0.335 e. The van der Waals surface area contributed by atoms with Gasteiger partial charge in [-0.25, -0.2) is 4.79 Å². The average Bonchev–Trinajstić information content (AvgIpc) is 3.20. The number of hydrogen-bond acceptors (Lipinski definition) is 6. The lowest BCUT2D eigenvalue weighted by Crippen LogP contribution is -2.29. The Morgan fingerprint density at radius 3 is 1.73 bits per heavy atom. The Morgan fingerprint density at radius 1 is 0.745 bits per heavy atom. The molecule has 3 N–H and O–H groups in total. The first-order chi connectivity index (χ1) is 24.8. The molecule has 0 spiro atoms. The van der Waals surface area contributed by atoms with Crippen molar-refractivity contribution in [3.05, 3.63) is 59.7 Å². The molecule has 3 aliphatic rings. The van der Waals surface area contributed by atoms with Crippen LogP contribution in [0.4, 0.5) is 0 Å². The molecule has 0 amide bonds. The van der Waals surface area contributed by atoms with Gasteiger partial charge in [-0.3, -0.25) is 4.79 Å². The van der Waals surface area contributed by atoms with E-state index in [1.165, 1.54) is 108 Å². The lowest BCUT2D eigenvalue weighted by Gasteiger charge is -2.41. The molecule has 1 atom stereocenters. The second-order valence-electron chi connectivity index (χ2n) is 15.7. The molecule has 3 fully saturated rings. The summed E-state index contributed by atoms with van der Waals surface area (Å²) < 4.78 is 5.26. The predicted molar refractivity (Wildman–Crippen MR) is 211 cm³/mol. The zero-order valence-corrected chi connectivity index (χ0v) is 32.7. The molecule has 1 aromatic rings. The van der Waals surface area contributed by atoms with Crippen LogP contribution in [0.15, 0.2) is 48.6 Å². The number of hydrogen-bond donors (Lipinski definition) is 3. The Balaban J connectivity index is 0.00000102. The first kappa shape index (κ1) is 44.9. The number of esters is 1. The Labute approximate surface area is 311 Å². The zero-order valence-electron chi connectivity index (χ0n) is 32.7. The molecule has 4 rings (SSSR count). The van der Waals surface area contributed by atoms with Crippen LogP contribution in [0.2, 0.25) is 0 Å². The summed E-state index contributed by atoms with van der Waals surface area (Å²) in [6, 6.07) is 9.58. The van der Waals surface area contributed by atoms with Crippen molar-refractivity contribution in [3.63, 3.8) is 0 Å². The fraction of sp³-hybridized carbons (Fsp3) is 0.733. The Bertz CT molecular complexity index is 1090. The number of rotatable bonds is 18. The Morgan fingerprint density at radius 2 is 1.27 bits per heavy atom. The van der Waals surface area contributed by atoms with E-state index in [2.05, 4.69) is 51.3 Å². The van der Waals surface area contributed by atoms with Crippen molar-refractivity contribution in [1.82, 2.24) is 0 Å². The number of carbonyl (C=O) groups is 2. The normalized spacial score (nSPS) is 25.2. The van der Waals surface area contributed by atoms with Gasteiger partial charge in [-0.15, -0.1) is 0 Å². The molecule has 0 aliphatic heterocycles. The van der Waals surface area contributed by atoms with Crippen LogP contribution in [0.1, 0.15) is 165 Å². The molecular formula is C45H74O6. The molecule has 0 aromatic heterocycles. The number of benzene rings is 1. The third-order valence-electron chi connectivity index (χ3n) is 12.3. The largest absolute Gasteiger partial charge is 0.462 e. The molecule has 0 saturated heterocycles. The van der Waals surface area contributed by atoms with Gasteiger partial charge in [0, 0.05) is 12.7 Å². The fourth-order valence-electron chi connectivity index (χ4n) is 9.21. The lowest BCUT2D eigenvalue weighted by molar-refractivity contribution is -0.139. The predicted octanol–water partition coefficient (Wildman–Crippen LogP) is 10.3. The molecule has 3 aliphatic carbocycles. The number of unbranched alkanes of at least 4 members (excludes halogenated alkanes) is 2. The van der Waals surface area contributed by atoms with E-state index < -0.39 is 5.97 Å². The van der Waals surface area contributed by atoms with E-state index in [-0.39, 0.29) is 24.4 Å². The van der Waals surface area contributed by atoms with Gasteiger partial charge in [0.05, 0.1) is 25.4 Å². The van der Waals surface area contributed by atoms with Crippen molar-refractivity contribution in [2.75, 3.05) is 26.9 Å². The van der Waals surface area contributed by atoms with Crippen molar-refractivity contribution in [1.29, 1.82) is 0 Å². The monoisotopic (exact) mass is 711 g/mol. The SMILES string of the molecule is C=C(C=O)CO.C=C(CO)C(=O)OCCCC(CCC)c1ccc(C2CCC(C3CCC(C4CCC(CCCCC)CC4)CC3)CC2)cc1.CO. The van der Waals surface area contributed by atoms with Crippen LogP contribution in [0.25, 0.3) is 0 Å². The summed E-state index contributed by atoms with van der Waals surface area (Å²) in [7, 11) is 1.00. The number of ether oxygens (including phenoxy) is 1. The van der Waals surface area contributed by atoms with Crippen molar-refractivity contribution in [2.24, 2.45) is 29.6 Å². The molecule has 3 saturated carbocycles. The highest BCUT2D eigenvalue weighted by atomic mass is 16.5. The molecular weight excluding hydrogens is 636 g/mol. The highest BCUT2D eigenvalue weighted by Crippen LogP contribution is 2.47. The van der Waals surface area contributed by atoms with Crippen molar-refractivity contribution in [2.45, 2.75) is 154 Å². The quantitative estimate of drug-likeness (QED) is 0.0606. The average molecular weight is 711 g/mol. The summed E-state index contributed by atoms with van der Waals surface area (Å²) in [6.45, 7) is 11.1. The zero-order chi connectivity index (χ0) is 37.4. The van der Waals surface area contributed by atoms with Crippen molar-refractivity contribution in [3.8, 4) is 0 Å². The van der Waals surface area contributed by atoms with Gasteiger partial charge in [-0.05, 0) is 136 Å². The highest BCUT2D eigenvalue weighted by molar-refractivity contribution is 5.87. The van der Waals surface area contributed by atoms with Gasteiger partial charge in [0.2, 0.25) is 0 Å². The van der Waals surface area contributed by atoms with Gasteiger partial charge in [0.1, 0.15) is 6.29 Å². The summed E-state index contributed by atoms with van der Waals surface area (Å²) in [6.07, 6.45) is 28.3. The topological polar surface area (TPSA) is 104 Å². The minimum absolute atomic E-state index is 0.128. The number of carbonyl (C=O) groups excluding carboxylic acids is 2. The number of aldehydes is 1. The minimum Gasteiger partial charge on any atom is -0.462 e. The van der Waals surface area contributed by atoms with Crippen molar-refractivity contribution >= 4 is 12.3 Å². The maximum atomic E-state index is 11.7. The van der Waals surface area contributed by atoms with Crippen LogP contribution < -0.4 is 0 Å². The lowest BCUT2D eigenvalue weighted by atomic mass is 9.64. The molecule has 0 radical (unpaired) electrons. The van der Waals surface area contributed by atoms with Crippen LogP contribution in [-0.2, 0) is 14.3 Å². The van der Waals surface area contributed by atoms with Gasteiger partial charge >= 0.3 is 5.97 Å². The van der Waals surface area contributed by atoms with Gasteiger partial charge in [-0.1, -0.05) is 96.2 Å². The molecule has 0 bridgehead atoms. The number of aliphatic hydroxyl groups excluding tert-OH is 3. The van der Waals surface area contributed by atoms with Gasteiger partial charge in [0.15, 0.2) is 0 Å². The van der Waals surface area contributed by atoms with E-state index in [1.54, 1.807) is 5.56 Å². The molecule has 51 heavy (non-hydrogen) atoms. The molecule has 6 nitrogen and oxygen atoms in total. The Hall–Kier alpha value is -2.28. The van der Waals surface area contributed by atoms with Gasteiger partial charge in [-0.2, -0.15) is 0 Å². The van der Waals surface area contributed by atoms with E-state index in [1.807, 2.05) is 0 Å². The Kier molecular flexibility index (Phi) is 23.3. The summed E-state index contributed by atoms with van der Waals surface area (Å²) >= 11 is 0.